The van der Waals surface area contributed by atoms with Gasteiger partial charge in [0.15, 0.2) is 5.78 Å². The summed E-state index contributed by atoms with van der Waals surface area (Å²) in [5.41, 5.74) is 3.79. The molecular weight excluding hydrogens is 310 g/mol. The highest BCUT2D eigenvalue weighted by Crippen LogP contribution is 2.28. The number of hydrogen-bond acceptors (Lipinski definition) is 3. The average molecular weight is 323 g/mol. The van der Waals surface area contributed by atoms with Gasteiger partial charge in [0.1, 0.15) is 5.65 Å². The van der Waals surface area contributed by atoms with Gasteiger partial charge in [-0.3, -0.25) is 14.2 Å². The summed E-state index contributed by atoms with van der Waals surface area (Å²) < 4.78 is 2.01. The predicted molar refractivity (Wildman–Crippen MR) is 97.9 cm³/mol. The first-order valence-electron chi connectivity index (χ1n) is 8.06. The van der Waals surface area contributed by atoms with Crippen LogP contribution in [0.5, 0.6) is 0 Å². The van der Waals surface area contributed by atoms with Crippen molar-refractivity contribution in [3.63, 3.8) is 0 Å². The number of nitrogens with zero attached hydrogens (tertiary/aromatic N) is 3. The summed E-state index contributed by atoms with van der Waals surface area (Å²) in [5.74, 6) is -0.0421. The van der Waals surface area contributed by atoms with Crippen LogP contribution in [0, 0.1) is 0 Å². The smallest absolute Gasteiger partial charge is 0.197 e. The van der Waals surface area contributed by atoms with E-state index in [9.17, 15) is 4.79 Å². The molecule has 0 radical (unpaired) electrons. The van der Waals surface area contributed by atoms with Gasteiger partial charge < -0.3 is 0 Å². The Hall–Kier alpha value is -3.53. The molecule has 5 rings (SSSR count). The number of pyridine rings is 2. The van der Waals surface area contributed by atoms with Gasteiger partial charge in [-0.2, -0.15) is 0 Å². The number of rotatable bonds is 2. The lowest BCUT2D eigenvalue weighted by molar-refractivity contribution is 0.104. The van der Waals surface area contributed by atoms with Crippen molar-refractivity contribution in [2.45, 2.75) is 0 Å². The fourth-order valence-corrected chi connectivity index (χ4v) is 3.32. The fourth-order valence-electron chi connectivity index (χ4n) is 3.32. The van der Waals surface area contributed by atoms with E-state index in [2.05, 4.69) is 4.98 Å². The number of para-hydroxylation sites is 2. The molecular formula is C21H13N3O. The summed E-state index contributed by atoms with van der Waals surface area (Å²) >= 11 is 0. The van der Waals surface area contributed by atoms with E-state index in [0.29, 0.717) is 16.8 Å². The number of carbonyl (C=O) groups is 1. The van der Waals surface area contributed by atoms with Crippen molar-refractivity contribution in [3.8, 4) is 0 Å². The second-order valence-corrected chi connectivity index (χ2v) is 5.95. The Morgan fingerprint density at radius 2 is 1.64 bits per heavy atom. The van der Waals surface area contributed by atoms with Crippen molar-refractivity contribution in [2.75, 3.05) is 0 Å². The van der Waals surface area contributed by atoms with Crippen LogP contribution in [0.15, 0.2) is 79.3 Å². The molecule has 3 heterocycles. The van der Waals surface area contributed by atoms with Crippen LogP contribution in [0.1, 0.15) is 15.9 Å². The molecule has 0 fully saturated rings. The van der Waals surface area contributed by atoms with Gasteiger partial charge in [0.25, 0.3) is 0 Å². The molecule has 0 aliphatic carbocycles. The van der Waals surface area contributed by atoms with Crippen molar-refractivity contribution in [1.82, 2.24) is 14.4 Å². The first-order valence-corrected chi connectivity index (χ1v) is 8.06. The molecule has 0 aliphatic rings. The van der Waals surface area contributed by atoms with E-state index < -0.39 is 0 Å². The van der Waals surface area contributed by atoms with Gasteiger partial charge in [0.2, 0.25) is 0 Å². The van der Waals surface area contributed by atoms with E-state index in [-0.39, 0.29) is 5.78 Å². The summed E-state index contributed by atoms with van der Waals surface area (Å²) in [6.07, 6.45) is 5.32. The molecule has 4 heteroatoms. The van der Waals surface area contributed by atoms with E-state index >= 15 is 0 Å². The van der Waals surface area contributed by atoms with Gasteiger partial charge in [-0.1, -0.05) is 36.4 Å². The quantitative estimate of drug-likeness (QED) is 0.456. The van der Waals surface area contributed by atoms with Crippen molar-refractivity contribution >= 4 is 33.2 Å². The Morgan fingerprint density at radius 3 is 2.52 bits per heavy atom. The Kier molecular flexibility index (Phi) is 2.91. The van der Waals surface area contributed by atoms with Crippen LogP contribution in [0.4, 0.5) is 0 Å². The Balaban J connectivity index is 1.95. The minimum absolute atomic E-state index is 0.0421. The third kappa shape index (κ3) is 2.04. The van der Waals surface area contributed by atoms with Crippen LogP contribution in [0.3, 0.4) is 0 Å². The Labute approximate surface area is 143 Å². The molecule has 0 spiro atoms. The molecule has 0 saturated heterocycles. The van der Waals surface area contributed by atoms with Gasteiger partial charge in [0, 0.05) is 24.2 Å². The van der Waals surface area contributed by atoms with Gasteiger partial charge in [-0.05, 0) is 35.0 Å². The molecule has 0 bridgehead atoms. The van der Waals surface area contributed by atoms with Gasteiger partial charge >= 0.3 is 0 Å². The third-order valence-corrected chi connectivity index (χ3v) is 4.49. The van der Waals surface area contributed by atoms with Crippen molar-refractivity contribution in [2.24, 2.45) is 0 Å². The predicted octanol–water partition coefficient (Wildman–Crippen LogP) is 4.27. The van der Waals surface area contributed by atoms with Crippen LogP contribution in [-0.4, -0.2) is 20.2 Å². The lowest BCUT2D eigenvalue weighted by atomic mass is 9.99. The zero-order valence-corrected chi connectivity index (χ0v) is 13.3. The first-order chi connectivity index (χ1) is 12.3. The second kappa shape index (κ2) is 5.24. The summed E-state index contributed by atoms with van der Waals surface area (Å²) in [4.78, 5) is 22.0. The molecule has 25 heavy (non-hydrogen) atoms. The zero-order valence-electron chi connectivity index (χ0n) is 13.3. The van der Waals surface area contributed by atoms with Crippen molar-refractivity contribution < 1.29 is 4.79 Å². The maximum atomic E-state index is 13.3. The number of fused-ring (bicyclic) bond motifs is 4. The highest BCUT2D eigenvalue weighted by atomic mass is 16.1. The molecule has 5 aromatic rings. The SMILES string of the molecule is O=C(c1ccncc1)c1c2ccccc2cn2c1nc1ccccc12. The van der Waals surface area contributed by atoms with E-state index in [4.69, 9.17) is 4.98 Å². The number of aromatic nitrogens is 3. The minimum atomic E-state index is -0.0421. The normalized spacial score (nSPS) is 11.4. The monoisotopic (exact) mass is 323 g/mol. The Morgan fingerprint density at radius 1 is 0.880 bits per heavy atom. The molecule has 4 nitrogen and oxygen atoms in total. The highest BCUT2D eigenvalue weighted by molar-refractivity contribution is 6.20. The molecule has 2 aromatic carbocycles. The standard InChI is InChI=1S/C21H13N3O/c25-20(14-9-11-22-12-10-14)19-16-6-2-1-5-15(16)13-24-18-8-4-3-7-17(18)23-21(19)24/h1-13H. The topological polar surface area (TPSA) is 47.3 Å². The minimum Gasteiger partial charge on any atom is -0.298 e. The van der Waals surface area contributed by atoms with E-state index in [0.717, 1.165) is 21.8 Å². The molecule has 3 aromatic heterocycles. The number of carbonyl (C=O) groups excluding carboxylic acids is 1. The number of imidazole rings is 1. The van der Waals surface area contributed by atoms with E-state index in [1.54, 1.807) is 24.5 Å². The number of ketones is 1. The maximum Gasteiger partial charge on any atom is 0.197 e. The molecule has 0 atom stereocenters. The van der Waals surface area contributed by atoms with Crippen molar-refractivity contribution in [1.29, 1.82) is 0 Å². The second-order valence-electron chi connectivity index (χ2n) is 5.95. The van der Waals surface area contributed by atoms with Crippen molar-refractivity contribution in [3.05, 3.63) is 90.4 Å². The summed E-state index contributed by atoms with van der Waals surface area (Å²) in [6, 6.07) is 19.3. The van der Waals surface area contributed by atoms with E-state index in [1.165, 1.54) is 0 Å². The summed E-state index contributed by atoms with van der Waals surface area (Å²) in [6.45, 7) is 0. The highest BCUT2D eigenvalue weighted by Gasteiger charge is 2.19. The van der Waals surface area contributed by atoms with Gasteiger partial charge in [-0.15, -0.1) is 0 Å². The van der Waals surface area contributed by atoms with Crippen LogP contribution < -0.4 is 0 Å². The van der Waals surface area contributed by atoms with Crippen LogP contribution in [-0.2, 0) is 0 Å². The summed E-state index contributed by atoms with van der Waals surface area (Å²) in [7, 11) is 0. The zero-order chi connectivity index (χ0) is 16.8. The Bertz CT molecular complexity index is 1260. The van der Waals surface area contributed by atoms with Crippen LogP contribution in [0.2, 0.25) is 0 Å². The molecule has 0 N–H and O–H groups in total. The summed E-state index contributed by atoms with van der Waals surface area (Å²) in [5, 5.41) is 1.92. The third-order valence-electron chi connectivity index (χ3n) is 4.49. The molecule has 118 valence electrons. The fraction of sp³-hybridized carbons (Fsp3) is 0. The lowest BCUT2D eigenvalue weighted by Gasteiger charge is -2.09. The van der Waals surface area contributed by atoms with Gasteiger partial charge in [0.05, 0.1) is 16.6 Å². The molecule has 0 amide bonds. The first kappa shape index (κ1) is 13.9. The number of hydrogen-bond donors (Lipinski definition) is 0. The van der Waals surface area contributed by atoms with E-state index in [1.807, 2.05) is 59.1 Å². The molecule has 0 aliphatic heterocycles. The molecule has 0 saturated carbocycles. The van der Waals surface area contributed by atoms with Crippen LogP contribution in [0.25, 0.3) is 27.5 Å². The van der Waals surface area contributed by atoms with Gasteiger partial charge in [-0.25, -0.2) is 4.98 Å². The molecule has 0 unspecified atom stereocenters. The number of benzene rings is 2. The van der Waals surface area contributed by atoms with Crippen LogP contribution >= 0.6 is 0 Å². The average Bonchev–Trinajstić information content (AvgIpc) is 3.04. The largest absolute Gasteiger partial charge is 0.298 e. The maximum absolute atomic E-state index is 13.3. The lowest BCUT2D eigenvalue weighted by Crippen LogP contribution is -2.06.